The first-order valence-electron chi connectivity index (χ1n) is 46.0. The summed E-state index contributed by atoms with van der Waals surface area (Å²) in [5, 5.41) is 53.7. The van der Waals surface area contributed by atoms with Crippen molar-refractivity contribution in [2.24, 2.45) is 0 Å². The molecule has 0 atom stereocenters. The van der Waals surface area contributed by atoms with Gasteiger partial charge in [0.2, 0.25) is 11.9 Å². The molecule has 0 aliphatic heterocycles. The lowest BCUT2D eigenvalue weighted by Gasteiger charge is -2.11. The Morgan fingerprint density at radius 1 is 0.174 bits per heavy atom. The summed E-state index contributed by atoms with van der Waals surface area (Å²) in [5.41, 5.74) is 25.0. The number of benzene rings is 20. The number of aromatic nitrogens is 11. The van der Waals surface area contributed by atoms with Gasteiger partial charge in [-0.25, -0.2) is 24.9 Å². The van der Waals surface area contributed by atoms with Gasteiger partial charge < -0.3 is 13.7 Å². The van der Waals surface area contributed by atoms with Gasteiger partial charge in [0.25, 0.3) is 0 Å². The molecule has 138 heavy (non-hydrogen) atoms. The number of rotatable bonds is 8. The zero-order valence-corrected chi connectivity index (χ0v) is 73.8. The summed E-state index contributed by atoms with van der Waals surface area (Å²) in [6, 6.07) is 160. The molecule has 20 aromatic carbocycles. The number of para-hydroxylation sites is 10. The van der Waals surface area contributed by atoms with Gasteiger partial charge in [0, 0.05) is 97.9 Å². The second-order valence-electron chi connectivity index (χ2n) is 35.1. The van der Waals surface area contributed by atoms with Crippen LogP contribution in [0.25, 0.3) is 253 Å². The van der Waals surface area contributed by atoms with Crippen LogP contribution >= 0.6 is 0 Å². The van der Waals surface area contributed by atoms with Gasteiger partial charge in [-0.3, -0.25) is 13.7 Å². The predicted octanol–water partition coefficient (Wildman–Crippen LogP) is 30.5. The van der Waals surface area contributed by atoms with Crippen LogP contribution in [0.3, 0.4) is 0 Å². The normalized spacial score (nSPS) is 11.7. The number of nitrogens with zero attached hydrogens (tertiary/aromatic N) is 14. The molecule has 14 heteroatoms. The maximum atomic E-state index is 10.0. The average molecular weight is 1760 g/mol. The molecule has 638 valence electrons. The Labute approximate surface area is 787 Å². The second-order valence-corrected chi connectivity index (χ2v) is 35.1. The standard InChI is InChI=1S/C46H28N4.C41H23N5.C37H21N5/c47-29-34-28-46(48-41-18-7-4-15-36(34)41)50-43-20-9-6-17-38(43)40-27-33(22-24-45(40)50)32-21-23-44-39(26-32)37-16-5-8-19-42(37)49(44)35-14-10-13-31(25-35)30-11-2-1-3-12-30;42-24-34-30-11-3-6-14-33(30)43-41(44-34)46-36-16-8-5-13-32(36)40-29-20-19-27(23-26(29)18-22-38(40)46)45-35-15-7-4-12-31(35)39-28-10-2-1-9-25(28)17-21-37(39)45;38-22-31-28-11-1-5-13-30(28)39-37(40-31)42-34-16-8-4-12-29(34)36-25-19-18-24(21-23(25)17-20-35(36)42)41-32-14-6-2-9-26(32)27-10-3-7-15-33(27)41/h1-28H;1-23H;1-21H. The van der Waals surface area contributed by atoms with Gasteiger partial charge in [0.05, 0.1) is 94.4 Å². The molecule has 0 saturated heterocycles. The van der Waals surface area contributed by atoms with Crippen LogP contribution in [0, 0.1) is 34.0 Å². The number of hydrogen-bond acceptors (Lipinski definition) is 8. The van der Waals surface area contributed by atoms with Crippen molar-refractivity contribution in [1.29, 1.82) is 15.8 Å². The van der Waals surface area contributed by atoms with E-state index in [4.69, 9.17) is 24.9 Å². The van der Waals surface area contributed by atoms with E-state index in [1.54, 1.807) is 0 Å². The summed E-state index contributed by atoms with van der Waals surface area (Å²) >= 11 is 0. The van der Waals surface area contributed by atoms with Gasteiger partial charge in [-0.15, -0.1) is 0 Å². The first kappa shape index (κ1) is 78.4. The molecule has 0 fully saturated rings. The third-order valence-electron chi connectivity index (χ3n) is 27.7. The fraction of sp³-hybridized carbons (Fsp3) is 0. The van der Waals surface area contributed by atoms with Gasteiger partial charge in [0.15, 0.2) is 11.4 Å². The van der Waals surface area contributed by atoms with E-state index in [1.807, 2.05) is 91.0 Å². The van der Waals surface area contributed by atoms with Gasteiger partial charge in [0.1, 0.15) is 18.0 Å². The largest absolute Gasteiger partial charge is 0.309 e. The topological polar surface area (TPSA) is 165 Å². The van der Waals surface area contributed by atoms with Crippen LogP contribution in [0.4, 0.5) is 0 Å². The van der Waals surface area contributed by atoms with Gasteiger partial charge >= 0.3 is 0 Å². The lowest BCUT2D eigenvalue weighted by molar-refractivity contribution is 1.00. The minimum absolute atomic E-state index is 0.371. The van der Waals surface area contributed by atoms with Crippen molar-refractivity contribution in [3.8, 4) is 75.2 Å². The Kier molecular flexibility index (Phi) is 17.8. The molecule has 29 aromatic rings. The minimum Gasteiger partial charge on any atom is -0.309 e. The summed E-state index contributed by atoms with van der Waals surface area (Å²) < 4.78 is 13.5. The lowest BCUT2D eigenvalue weighted by Crippen LogP contribution is -2.03. The highest BCUT2D eigenvalue weighted by Crippen LogP contribution is 2.46. The van der Waals surface area contributed by atoms with E-state index >= 15 is 0 Å². The van der Waals surface area contributed by atoms with Crippen LogP contribution in [0.2, 0.25) is 0 Å². The molecule has 0 spiro atoms. The van der Waals surface area contributed by atoms with Crippen molar-refractivity contribution < 1.29 is 0 Å². The Morgan fingerprint density at radius 2 is 0.500 bits per heavy atom. The van der Waals surface area contributed by atoms with E-state index in [2.05, 4.69) is 391 Å². The molecule has 9 heterocycles. The number of pyridine rings is 1. The van der Waals surface area contributed by atoms with E-state index in [0.717, 1.165) is 154 Å². The molecule has 0 bridgehead atoms. The molecule has 0 saturated carbocycles. The highest BCUT2D eigenvalue weighted by Gasteiger charge is 2.26. The molecule has 14 nitrogen and oxygen atoms in total. The molecule has 29 rings (SSSR count). The van der Waals surface area contributed by atoms with Crippen LogP contribution in [0.1, 0.15) is 17.0 Å². The quantitative estimate of drug-likeness (QED) is 0.145. The fourth-order valence-corrected chi connectivity index (χ4v) is 21.6. The third kappa shape index (κ3) is 12.2. The molecule has 0 amide bonds. The van der Waals surface area contributed by atoms with Crippen LogP contribution in [0.15, 0.2) is 437 Å². The zero-order valence-electron chi connectivity index (χ0n) is 73.8. The maximum absolute atomic E-state index is 10.0. The summed E-state index contributed by atoms with van der Waals surface area (Å²) in [6.07, 6.45) is 0. The zero-order chi connectivity index (χ0) is 91.3. The molecule has 0 N–H and O–H groups in total. The first-order chi connectivity index (χ1) is 68.3. The Balaban J connectivity index is 0.000000105. The van der Waals surface area contributed by atoms with Gasteiger partial charge in [-0.1, -0.05) is 279 Å². The molecular formula is C124H72N14. The number of nitriles is 3. The Bertz CT molecular complexity index is 10300. The van der Waals surface area contributed by atoms with Crippen molar-refractivity contribution >= 4 is 196 Å². The van der Waals surface area contributed by atoms with Crippen molar-refractivity contribution in [1.82, 2.24) is 52.3 Å². The summed E-state index contributed by atoms with van der Waals surface area (Å²) in [6.45, 7) is 0. The predicted molar refractivity (Wildman–Crippen MR) is 564 cm³/mol. The van der Waals surface area contributed by atoms with Crippen LogP contribution in [-0.2, 0) is 0 Å². The number of fused-ring (bicyclic) bond motifs is 27. The average Bonchev–Trinajstić information content (AvgIpc) is 1.57. The first-order valence-corrected chi connectivity index (χ1v) is 46.0. The van der Waals surface area contributed by atoms with E-state index in [0.29, 0.717) is 28.8 Å². The van der Waals surface area contributed by atoms with Crippen LogP contribution in [-0.4, -0.2) is 52.3 Å². The third-order valence-corrected chi connectivity index (χ3v) is 27.7. The fourth-order valence-electron chi connectivity index (χ4n) is 21.6. The highest BCUT2D eigenvalue weighted by atomic mass is 15.2. The lowest BCUT2D eigenvalue weighted by atomic mass is 10.0. The summed E-state index contributed by atoms with van der Waals surface area (Å²) in [5.74, 6) is 1.73. The van der Waals surface area contributed by atoms with Crippen molar-refractivity contribution in [3.05, 3.63) is 454 Å². The number of hydrogen-bond donors (Lipinski definition) is 0. The van der Waals surface area contributed by atoms with E-state index in [-0.39, 0.29) is 0 Å². The smallest absolute Gasteiger partial charge is 0.236 e. The van der Waals surface area contributed by atoms with E-state index in [9.17, 15) is 15.8 Å². The van der Waals surface area contributed by atoms with Crippen molar-refractivity contribution in [2.45, 2.75) is 0 Å². The molecular weight excluding hydrogens is 1690 g/mol. The van der Waals surface area contributed by atoms with Crippen LogP contribution in [0.5, 0.6) is 0 Å². The molecule has 9 aromatic heterocycles. The van der Waals surface area contributed by atoms with E-state index < -0.39 is 0 Å². The Hall–Kier alpha value is -19.5. The maximum Gasteiger partial charge on any atom is 0.236 e. The Morgan fingerprint density at radius 3 is 0.978 bits per heavy atom. The van der Waals surface area contributed by atoms with Gasteiger partial charge in [-0.05, 0) is 212 Å². The van der Waals surface area contributed by atoms with Crippen molar-refractivity contribution in [3.63, 3.8) is 0 Å². The summed E-state index contributed by atoms with van der Waals surface area (Å²) in [7, 11) is 0. The van der Waals surface area contributed by atoms with Gasteiger partial charge in [-0.2, -0.15) is 15.8 Å². The van der Waals surface area contributed by atoms with Crippen molar-refractivity contribution in [2.75, 3.05) is 0 Å². The second kappa shape index (κ2) is 31.4. The molecule has 0 radical (unpaired) electrons. The van der Waals surface area contributed by atoms with E-state index in [1.165, 1.54) is 87.3 Å². The monoisotopic (exact) mass is 1760 g/mol. The molecule has 0 aliphatic carbocycles. The SMILES string of the molecule is N#Cc1cc(-n2c3ccccc3c3cc(-c4ccc5c(c4)c4ccccc4n5-c4cccc(-c5ccccc5)c4)ccc32)nc2ccccc12.N#Cc1nc(-n2c3ccccc3c3c4ccc(-n5c6ccccc6c6c7ccccc7ccc65)cc4ccc32)nc2ccccc12.N#Cc1nc(-n2c3ccccc3c3c4ccc(-n5c6ccccc6c6ccccc65)cc4ccc32)nc2ccccc12. The van der Waals surface area contributed by atoms with Crippen LogP contribution < -0.4 is 0 Å². The summed E-state index contributed by atoms with van der Waals surface area (Å²) in [4.78, 5) is 24.4. The molecule has 0 unspecified atom stereocenters. The molecule has 0 aliphatic rings. The minimum atomic E-state index is 0.371. The highest BCUT2D eigenvalue weighted by molar-refractivity contribution is 6.25.